The standard InChI is InChI=1S/C22H27FN4O3/c1-4-24-21(26-14-22(3,28)19-10-5-15(2)30-19)25-12-11-18-13-29-20(27-18)16-6-8-17(23)9-7-16/h5-10,13,28H,4,11-12,14H2,1-3H3,(H2,24,25,26). The zero-order valence-electron chi connectivity index (χ0n) is 17.4. The van der Waals surface area contributed by atoms with Gasteiger partial charge < -0.3 is 24.6 Å². The molecule has 2 heterocycles. The van der Waals surface area contributed by atoms with Crippen molar-refractivity contribution >= 4 is 5.96 Å². The molecular weight excluding hydrogens is 387 g/mol. The molecule has 7 nitrogen and oxygen atoms in total. The van der Waals surface area contributed by atoms with Gasteiger partial charge in [-0.2, -0.15) is 0 Å². The third-order valence-corrected chi connectivity index (χ3v) is 4.48. The van der Waals surface area contributed by atoms with Crippen molar-refractivity contribution in [2.75, 3.05) is 19.6 Å². The highest BCUT2D eigenvalue weighted by molar-refractivity contribution is 5.79. The minimum Gasteiger partial charge on any atom is -0.463 e. The molecule has 30 heavy (non-hydrogen) atoms. The number of aryl methyl sites for hydroxylation is 1. The molecule has 1 aromatic carbocycles. The van der Waals surface area contributed by atoms with Gasteiger partial charge in [0.1, 0.15) is 29.2 Å². The fourth-order valence-electron chi connectivity index (χ4n) is 2.83. The summed E-state index contributed by atoms with van der Waals surface area (Å²) < 4.78 is 24.1. The number of aromatic nitrogens is 1. The normalized spacial score (nSPS) is 13.8. The number of benzene rings is 1. The maximum absolute atomic E-state index is 13.0. The average Bonchev–Trinajstić information content (AvgIpc) is 3.36. The van der Waals surface area contributed by atoms with Crippen molar-refractivity contribution in [2.24, 2.45) is 4.99 Å². The van der Waals surface area contributed by atoms with E-state index in [1.807, 2.05) is 19.9 Å². The van der Waals surface area contributed by atoms with E-state index in [0.717, 1.165) is 17.0 Å². The second-order valence-corrected chi connectivity index (χ2v) is 7.21. The van der Waals surface area contributed by atoms with Gasteiger partial charge in [0.25, 0.3) is 0 Å². The fraction of sp³-hybridized carbons (Fsp3) is 0.364. The first-order chi connectivity index (χ1) is 14.4. The first-order valence-corrected chi connectivity index (χ1v) is 9.89. The van der Waals surface area contributed by atoms with Crippen LogP contribution in [0.1, 0.15) is 31.1 Å². The summed E-state index contributed by atoms with van der Waals surface area (Å²) in [6.45, 7) is 6.88. The summed E-state index contributed by atoms with van der Waals surface area (Å²) in [5, 5.41) is 17.0. The third-order valence-electron chi connectivity index (χ3n) is 4.48. The first kappa shape index (κ1) is 21.6. The minimum absolute atomic E-state index is 0.147. The van der Waals surface area contributed by atoms with Gasteiger partial charge in [0.2, 0.25) is 5.89 Å². The fourth-order valence-corrected chi connectivity index (χ4v) is 2.83. The number of aliphatic hydroxyl groups is 1. The smallest absolute Gasteiger partial charge is 0.226 e. The van der Waals surface area contributed by atoms with Crippen LogP contribution in [0.4, 0.5) is 4.39 Å². The predicted molar refractivity (Wildman–Crippen MR) is 113 cm³/mol. The summed E-state index contributed by atoms with van der Waals surface area (Å²) in [6, 6.07) is 9.58. The molecule has 1 atom stereocenters. The number of nitrogens with one attached hydrogen (secondary N) is 2. The SMILES string of the molecule is CCNC(=NCC(C)(O)c1ccc(C)o1)NCCc1coc(-c2ccc(F)cc2)n1. The largest absolute Gasteiger partial charge is 0.463 e. The molecule has 0 aliphatic heterocycles. The molecule has 3 aromatic rings. The van der Waals surface area contributed by atoms with Gasteiger partial charge in [-0.1, -0.05) is 0 Å². The molecule has 0 amide bonds. The van der Waals surface area contributed by atoms with Crippen LogP contribution in [0.25, 0.3) is 11.5 Å². The molecule has 2 aromatic heterocycles. The van der Waals surface area contributed by atoms with Crippen molar-refractivity contribution in [3.8, 4) is 11.5 Å². The highest BCUT2D eigenvalue weighted by atomic mass is 19.1. The van der Waals surface area contributed by atoms with Gasteiger partial charge >= 0.3 is 0 Å². The van der Waals surface area contributed by atoms with E-state index in [2.05, 4.69) is 20.6 Å². The van der Waals surface area contributed by atoms with E-state index in [1.165, 1.54) is 12.1 Å². The van der Waals surface area contributed by atoms with E-state index >= 15 is 0 Å². The van der Waals surface area contributed by atoms with Gasteiger partial charge in [0.05, 0.1) is 12.2 Å². The molecule has 160 valence electrons. The molecule has 0 bridgehead atoms. The molecule has 0 aliphatic carbocycles. The molecule has 0 spiro atoms. The van der Waals surface area contributed by atoms with E-state index in [4.69, 9.17) is 8.83 Å². The number of rotatable bonds is 8. The van der Waals surface area contributed by atoms with Crippen LogP contribution in [0.15, 0.2) is 56.5 Å². The molecule has 0 fully saturated rings. The van der Waals surface area contributed by atoms with Crippen LogP contribution in [0.5, 0.6) is 0 Å². The van der Waals surface area contributed by atoms with Crippen LogP contribution < -0.4 is 10.6 Å². The van der Waals surface area contributed by atoms with Crippen molar-refractivity contribution in [2.45, 2.75) is 32.8 Å². The van der Waals surface area contributed by atoms with E-state index in [-0.39, 0.29) is 12.4 Å². The van der Waals surface area contributed by atoms with E-state index in [1.54, 1.807) is 31.4 Å². The van der Waals surface area contributed by atoms with Gasteiger partial charge in [0.15, 0.2) is 5.96 Å². The number of guanidine groups is 1. The van der Waals surface area contributed by atoms with E-state index < -0.39 is 5.60 Å². The Hall–Kier alpha value is -3.13. The topological polar surface area (TPSA) is 95.8 Å². The van der Waals surface area contributed by atoms with Crippen LogP contribution in [-0.2, 0) is 12.0 Å². The number of furan rings is 1. The number of nitrogens with zero attached hydrogens (tertiary/aromatic N) is 2. The molecule has 8 heteroatoms. The summed E-state index contributed by atoms with van der Waals surface area (Å²) in [7, 11) is 0. The lowest BCUT2D eigenvalue weighted by Gasteiger charge is -2.19. The molecule has 0 radical (unpaired) electrons. The summed E-state index contributed by atoms with van der Waals surface area (Å²) in [5.74, 6) is 1.97. The molecule has 0 aliphatic rings. The van der Waals surface area contributed by atoms with Crippen LogP contribution in [-0.4, -0.2) is 35.7 Å². The number of hydrogen-bond acceptors (Lipinski definition) is 5. The lowest BCUT2D eigenvalue weighted by Crippen LogP contribution is -2.39. The van der Waals surface area contributed by atoms with Gasteiger partial charge in [0, 0.05) is 25.1 Å². The highest BCUT2D eigenvalue weighted by Gasteiger charge is 2.26. The van der Waals surface area contributed by atoms with E-state index in [9.17, 15) is 9.50 Å². The Kier molecular flexibility index (Phi) is 6.89. The lowest BCUT2D eigenvalue weighted by molar-refractivity contribution is 0.0428. The number of oxazole rings is 1. The Morgan fingerprint density at radius 2 is 1.97 bits per heavy atom. The summed E-state index contributed by atoms with van der Waals surface area (Å²) in [6.07, 6.45) is 2.21. The zero-order chi connectivity index (χ0) is 21.6. The maximum atomic E-state index is 13.0. The summed E-state index contributed by atoms with van der Waals surface area (Å²) in [5.41, 5.74) is 0.295. The second kappa shape index (κ2) is 9.58. The zero-order valence-corrected chi connectivity index (χ0v) is 17.4. The molecular formula is C22H27FN4O3. The van der Waals surface area contributed by atoms with Crippen molar-refractivity contribution < 1.29 is 18.3 Å². The number of halogens is 1. The monoisotopic (exact) mass is 414 g/mol. The first-order valence-electron chi connectivity index (χ1n) is 9.89. The highest BCUT2D eigenvalue weighted by Crippen LogP contribution is 2.23. The van der Waals surface area contributed by atoms with Crippen molar-refractivity contribution in [1.82, 2.24) is 15.6 Å². The van der Waals surface area contributed by atoms with Gasteiger partial charge in [-0.15, -0.1) is 0 Å². The van der Waals surface area contributed by atoms with Crippen LogP contribution in [0.3, 0.4) is 0 Å². The van der Waals surface area contributed by atoms with Crippen molar-refractivity contribution in [1.29, 1.82) is 0 Å². The lowest BCUT2D eigenvalue weighted by atomic mass is 10.0. The average molecular weight is 414 g/mol. The van der Waals surface area contributed by atoms with Gasteiger partial charge in [-0.3, -0.25) is 0 Å². The van der Waals surface area contributed by atoms with Crippen molar-refractivity contribution in [3.05, 3.63) is 65.7 Å². The Morgan fingerprint density at radius 3 is 2.63 bits per heavy atom. The summed E-state index contributed by atoms with van der Waals surface area (Å²) >= 11 is 0. The number of aliphatic imine (C=N–C) groups is 1. The Bertz CT molecular complexity index is 976. The minimum atomic E-state index is -1.20. The van der Waals surface area contributed by atoms with Crippen LogP contribution >= 0.6 is 0 Å². The Morgan fingerprint density at radius 1 is 1.20 bits per heavy atom. The Balaban J connectivity index is 1.56. The maximum Gasteiger partial charge on any atom is 0.226 e. The number of hydrogen-bond donors (Lipinski definition) is 3. The molecule has 1 unspecified atom stereocenters. The summed E-state index contributed by atoms with van der Waals surface area (Å²) in [4.78, 5) is 8.91. The van der Waals surface area contributed by atoms with Crippen LogP contribution in [0.2, 0.25) is 0 Å². The molecule has 3 N–H and O–H groups in total. The predicted octanol–water partition coefficient (Wildman–Crippen LogP) is 3.39. The third kappa shape index (κ3) is 5.70. The molecule has 0 saturated carbocycles. The Labute approximate surface area is 175 Å². The van der Waals surface area contributed by atoms with E-state index in [0.29, 0.717) is 37.1 Å². The second-order valence-electron chi connectivity index (χ2n) is 7.21. The van der Waals surface area contributed by atoms with Crippen molar-refractivity contribution in [3.63, 3.8) is 0 Å². The van der Waals surface area contributed by atoms with Crippen LogP contribution in [0, 0.1) is 12.7 Å². The van der Waals surface area contributed by atoms with Gasteiger partial charge in [-0.05, 0) is 57.2 Å². The quantitative estimate of drug-likeness (QED) is 0.386. The molecule has 0 saturated heterocycles. The molecule has 3 rings (SSSR count). The van der Waals surface area contributed by atoms with Gasteiger partial charge in [-0.25, -0.2) is 14.4 Å².